The van der Waals surface area contributed by atoms with Gasteiger partial charge in [0.15, 0.2) is 5.82 Å². The second-order valence-corrected chi connectivity index (χ2v) is 6.23. The number of hydrogen-bond acceptors (Lipinski definition) is 4. The fraction of sp³-hybridized carbons (Fsp3) is 0.562. The van der Waals surface area contributed by atoms with Gasteiger partial charge in [-0.05, 0) is 43.6 Å². The molecule has 2 heterocycles. The Morgan fingerprint density at radius 2 is 2.10 bits per heavy atom. The monoisotopic (exact) mass is 284 g/mol. The SMILES string of the molecule is CC(C)C1CCC(c2noc(-c3cc(C#N)c[nH]3)n2)CC1. The van der Waals surface area contributed by atoms with E-state index in [2.05, 4.69) is 35.0 Å². The highest BCUT2D eigenvalue weighted by atomic mass is 16.5. The van der Waals surface area contributed by atoms with Crippen LogP contribution in [0.25, 0.3) is 11.6 Å². The predicted molar refractivity (Wildman–Crippen MR) is 78.3 cm³/mol. The van der Waals surface area contributed by atoms with Crippen molar-refractivity contribution in [1.82, 2.24) is 15.1 Å². The van der Waals surface area contributed by atoms with Gasteiger partial charge in [0.2, 0.25) is 0 Å². The smallest absolute Gasteiger partial charge is 0.274 e. The molecule has 0 radical (unpaired) electrons. The third-order valence-electron chi connectivity index (χ3n) is 4.56. The van der Waals surface area contributed by atoms with Crippen molar-refractivity contribution in [2.45, 2.75) is 45.4 Å². The van der Waals surface area contributed by atoms with Crippen LogP contribution in [0, 0.1) is 23.2 Å². The Balaban J connectivity index is 1.70. The summed E-state index contributed by atoms with van der Waals surface area (Å²) in [6.07, 6.45) is 6.40. The first-order chi connectivity index (χ1) is 10.2. The van der Waals surface area contributed by atoms with Crippen molar-refractivity contribution in [3.63, 3.8) is 0 Å². The molecule has 5 heteroatoms. The van der Waals surface area contributed by atoms with Gasteiger partial charge in [-0.2, -0.15) is 10.2 Å². The average molecular weight is 284 g/mol. The van der Waals surface area contributed by atoms with Gasteiger partial charge in [-0.3, -0.25) is 0 Å². The zero-order valence-corrected chi connectivity index (χ0v) is 12.5. The molecule has 0 amide bonds. The summed E-state index contributed by atoms with van der Waals surface area (Å²) in [5.41, 5.74) is 1.28. The van der Waals surface area contributed by atoms with E-state index in [-0.39, 0.29) is 0 Å². The van der Waals surface area contributed by atoms with Crippen LogP contribution in [0.5, 0.6) is 0 Å². The van der Waals surface area contributed by atoms with Crippen LogP contribution in [0.3, 0.4) is 0 Å². The van der Waals surface area contributed by atoms with E-state index in [1.165, 1.54) is 12.8 Å². The minimum absolute atomic E-state index is 0.405. The molecule has 1 fully saturated rings. The first-order valence-corrected chi connectivity index (χ1v) is 7.60. The van der Waals surface area contributed by atoms with Crippen LogP contribution in [0.4, 0.5) is 0 Å². The highest BCUT2D eigenvalue weighted by Gasteiger charge is 2.27. The molecule has 1 aliphatic carbocycles. The third kappa shape index (κ3) is 2.85. The van der Waals surface area contributed by atoms with Gasteiger partial charge in [0.25, 0.3) is 5.89 Å². The van der Waals surface area contributed by atoms with Gasteiger partial charge in [-0.1, -0.05) is 19.0 Å². The summed E-state index contributed by atoms with van der Waals surface area (Å²) in [6.45, 7) is 4.60. The van der Waals surface area contributed by atoms with Gasteiger partial charge >= 0.3 is 0 Å². The van der Waals surface area contributed by atoms with Crippen molar-refractivity contribution in [2.75, 3.05) is 0 Å². The molecule has 5 nitrogen and oxygen atoms in total. The lowest BCUT2D eigenvalue weighted by Gasteiger charge is -2.29. The summed E-state index contributed by atoms with van der Waals surface area (Å²) in [7, 11) is 0. The topological polar surface area (TPSA) is 78.5 Å². The predicted octanol–water partition coefficient (Wildman–Crippen LogP) is 3.87. The third-order valence-corrected chi connectivity index (χ3v) is 4.56. The lowest BCUT2D eigenvalue weighted by atomic mass is 9.77. The van der Waals surface area contributed by atoms with E-state index in [1.807, 2.05) is 0 Å². The molecule has 1 saturated carbocycles. The van der Waals surface area contributed by atoms with Crippen molar-refractivity contribution < 1.29 is 4.52 Å². The van der Waals surface area contributed by atoms with Gasteiger partial charge < -0.3 is 9.51 Å². The van der Waals surface area contributed by atoms with Gasteiger partial charge in [-0.25, -0.2) is 0 Å². The first-order valence-electron chi connectivity index (χ1n) is 7.60. The van der Waals surface area contributed by atoms with Crippen LogP contribution in [0.1, 0.15) is 56.8 Å². The number of nitrogens with zero attached hydrogens (tertiary/aromatic N) is 3. The maximum atomic E-state index is 8.84. The number of nitrogens with one attached hydrogen (secondary N) is 1. The molecule has 1 aliphatic rings. The van der Waals surface area contributed by atoms with E-state index in [0.29, 0.717) is 23.1 Å². The molecule has 0 unspecified atom stereocenters. The molecule has 3 rings (SSSR count). The van der Waals surface area contributed by atoms with Crippen molar-refractivity contribution in [3.05, 3.63) is 23.7 Å². The fourth-order valence-corrected chi connectivity index (χ4v) is 3.14. The summed E-state index contributed by atoms with van der Waals surface area (Å²) in [5, 5.41) is 13.0. The summed E-state index contributed by atoms with van der Waals surface area (Å²) in [5.74, 6) is 3.27. The van der Waals surface area contributed by atoms with Crippen molar-refractivity contribution in [3.8, 4) is 17.7 Å². The Bertz CT molecular complexity index is 641. The van der Waals surface area contributed by atoms with Crippen LogP contribution in [0.2, 0.25) is 0 Å². The molecule has 1 N–H and O–H groups in total. The molecule has 0 saturated heterocycles. The van der Waals surface area contributed by atoms with E-state index in [0.717, 1.165) is 30.5 Å². The number of hydrogen-bond donors (Lipinski definition) is 1. The molecule has 0 atom stereocenters. The Morgan fingerprint density at radius 1 is 1.33 bits per heavy atom. The van der Waals surface area contributed by atoms with Gasteiger partial charge in [-0.15, -0.1) is 0 Å². The van der Waals surface area contributed by atoms with Gasteiger partial charge in [0, 0.05) is 12.1 Å². The minimum atomic E-state index is 0.405. The summed E-state index contributed by atoms with van der Waals surface area (Å²) >= 11 is 0. The summed E-state index contributed by atoms with van der Waals surface area (Å²) < 4.78 is 5.33. The molecule has 0 bridgehead atoms. The lowest BCUT2D eigenvalue weighted by molar-refractivity contribution is 0.252. The molecule has 2 aromatic heterocycles. The zero-order chi connectivity index (χ0) is 14.8. The largest absolute Gasteiger partial charge is 0.356 e. The number of nitriles is 1. The second-order valence-electron chi connectivity index (χ2n) is 6.23. The van der Waals surface area contributed by atoms with Crippen molar-refractivity contribution >= 4 is 0 Å². The van der Waals surface area contributed by atoms with Crippen LogP contribution < -0.4 is 0 Å². The van der Waals surface area contributed by atoms with E-state index < -0.39 is 0 Å². The van der Waals surface area contributed by atoms with E-state index >= 15 is 0 Å². The Hall–Kier alpha value is -2.09. The quantitative estimate of drug-likeness (QED) is 0.928. The molecule has 21 heavy (non-hydrogen) atoms. The summed E-state index contributed by atoms with van der Waals surface area (Å²) in [4.78, 5) is 7.50. The number of rotatable bonds is 3. The summed E-state index contributed by atoms with van der Waals surface area (Å²) in [6, 6.07) is 3.81. The van der Waals surface area contributed by atoms with Crippen LogP contribution in [-0.2, 0) is 0 Å². The molecule has 0 aromatic carbocycles. The standard InChI is InChI=1S/C16H20N4O/c1-10(2)12-3-5-13(6-4-12)15-19-16(21-20-15)14-7-11(8-17)9-18-14/h7,9-10,12-13,18H,3-6H2,1-2H3. The first kappa shape index (κ1) is 13.9. The van der Waals surface area contributed by atoms with E-state index in [1.54, 1.807) is 12.3 Å². The molecule has 0 spiro atoms. The fourth-order valence-electron chi connectivity index (χ4n) is 3.14. The maximum Gasteiger partial charge on any atom is 0.274 e. The van der Waals surface area contributed by atoms with Crippen molar-refractivity contribution in [1.29, 1.82) is 5.26 Å². The molecule has 110 valence electrons. The molecular weight excluding hydrogens is 264 g/mol. The van der Waals surface area contributed by atoms with Crippen LogP contribution in [0.15, 0.2) is 16.8 Å². The Kier molecular flexibility index (Phi) is 3.78. The normalized spacial score (nSPS) is 22.4. The minimum Gasteiger partial charge on any atom is -0.356 e. The highest BCUT2D eigenvalue weighted by Crippen LogP contribution is 2.37. The number of aromatic amines is 1. The number of aromatic nitrogens is 3. The number of H-pyrrole nitrogens is 1. The zero-order valence-electron chi connectivity index (χ0n) is 12.5. The van der Waals surface area contributed by atoms with Gasteiger partial charge in [0.1, 0.15) is 11.8 Å². The van der Waals surface area contributed by atoms with E-state index in [9.17, 15) is 0 Å². The van der Waals surface area contributed by atoms with Crippen LogP contribution in [-0.4, -0.2) is 15.1 Å². The average Bonchev–Trinajstić information content (AvgIpc) is 3.16. The molecular formula is C16H20N4O. The second kappa shape index (κ2) is 5.72. The molecule has 0 aliphatic heterocycles. The lowest BCUT2D eigenvalue weighted by Crippen LogP contribution is -2.18. The maximum absolute atomic E-state index is 8.84. The Morgan fingerprint density at radius 3 is 2.71 bits per heavy atom. The highest BCUT2D eigenvalue weighted by molar-refractivity contribution is 5.51. The Labute approximate surface area is 124 Å². The molecule has 2 aromatic rings. The van der Waals surface area contributed by atoms with Gasteiger partial charge in [0.05, 0.1) is 5.56 Å². The van der Waals surface area contributed by atoms with Crippen molar-refractivity contribution in [2.24, 2.45) is 11.8 Å². The van der Waals surface area contributed by atoms with E-state index in [4.69, 9.17) is 9.78 Å². The van der Waals surface area contributed by atoms with Crippen LogP contribution >= 0.6 is 0 Å².